The molecule has 4 nitrogen and oxygen atoms in total. The average molecular weight is 241 g/mol. The van der Waals surface area contributed by atoms with Crippen molar-refractivity contribution in [2.24, 2.45) is 0 Å². The minimum absolute atomic E-state index is 0.00173. The Morgan fingerprint density at radius 3 is 2.61 bits per heavy atom. The number of para-hydroxylation sites is 2. The predicted octanol–water partition coefficient (Wildman–Crippen LogP) is 2.16. The monoisotopic (exact) mass is 241 g/mol. The summed E-state index contributed by atoms with van der Waals surface area (Å²) in [6, 6.07) is 12.6. The molecule has 0 spiro atoms. The van der Waals surface area contributed by atoms with E-state index < -0.39 is 6.10 Å². The van der Waals surface area contributed by atoms with Crippen molar-refractivity contribution in [1.29, 1.82) is 0 Å². The van der Waals surface area contributed by atoms with Gasteiger partial charge in [-0.15, -0.1) is 0 Å². The number of aromatic nitrogens is 1. The molecule has 0 saturated carbocycles. The zero-order valence-electron chi connectivity index (χ0n) is 9.58. The van der Waals surface area contributed by atoms with Crippen LogP contribution in [0.4, 0.5) is 0 Å². The highest BCUT2D eigenvalue weighted by molar-refractivity contribution is 5.86. The van der Waals surface area contributed by atoms with Gasteiger partial charge in [0, 0.05) is 6.20 Å². The van der Waals surface area contributed by atoms with Crippen molar-refractivity contribution in [3.8, 4) is 11.5 Å². The van der Waals surface area contributed by atoms with Crippen molar-refractivity contribution in [1.82, 2.24) is 4.98 Å². The molecule has 0 saturated heterocycles. The Hall–Kier alpha value is -2.36. The van der Waals surface area contributed by atoms with Crippen molar-refractivity contribution in [3.05, 3.63) is 54.4 Å². The van der Waals surface area contributed by atoms with Crippen LogP contribution in [0.3, 0.4) is 0 Å². The third-order valence-electron chi connectivity index (χ3n) is 2.71. The van der Waals surface area contributed by atoms with Gasteiger partial charge in [-0.3, -0.25) is 9.78 Å². The van der Waals surface area contributed by atoms with Crippen molar-refractivity contribution in [2.75, 3.05) is 6.61 Å². The van der Waals surface area contributed by atoms with Gasteiger partial charge >= 0.3 is 0 Å². The first-order chi connectivity index (χ1) is 8.84. The van der Waals surface area contributed by atoms with Crippen LogP contribution in [0.2, 0.25) is 0 Å². The number of hydrogen-bond donors (Lipinski definition) is 0. The van der Waals surface area contributed by atoms with E-state index in [9.17, 15) is 4.79 Å². The molecule has 1 unspecified atom stereocenters. The highest BCUT2D eigenvalue weighted by atomic mass is 16.5. The van der Waals surface area contributed by atoms with Gasteiger partial charge in [0.2, 0.25) is 11.9 Å². The van der Waals surface area contributed by atoms with Gasteiger partial charge < -0.3 is 9.47 Å². The Balaban J connectivity index is 1.99. The largest absolute Gasteiger partial charge is 0.482 e. The van der Waals surface area contributed by atoms with E-state index in [2.05, 4.69) is 4.98 Å². The first-order valence-electron chi connectivity index (χ1n) is 5.67. The summed E-state index contributed by atoms with van der Waals surface area (Å²) < 4.78 is 11.1. The van der Waals surface area contributed by atoms with Crippen LogP contribution in [0.25, 0.3) is 0 Å². The Labute approximate surface area is 104 Å². The normalized spacial score (nSPS) is 18.2. The zero-order valence-corrected chi connectivity index (χ0v) is 9.58. The minimum atomic E-state index is -0.699. The van der Waals surface area contributed by atoms with E-state index in [-0.39, 0.29) is 12.4 Å². The van der Waals surface area contributed by atoms with Crippen LogP contribution in [-0.4, -0.2) is 17.4 Å². The molecule has 1 atom stereocenters. The van der Waals surface area contributed by atoms with Gasteiger partial charge in [-0.05, 0) is 24.3 Å². The molecule has 3 rings (SSSR count). The first kappa shape index (κ1) is 10.8. The van der Waals surface area contributed by atoms with Crippen LogP contribution in [0.15, 0.2) is 48.7 Å². The number of ether oxygens (including phenoxy) is 2. The van der Waals surface area contributed by atoms with Crippen LogP contribution < -0.4 is 9.47 Å². The molecule has 0 N–H and O–H groups in total. The molecule has 1 aromatic carbocycles. The molecule has 0 bridgehead atoms. The molecule has 0 fully saturated rings. The molecule has 1 aliphatic rings. The maximum absolute atomic E-state index is 12.0. The quantitative estimate of drug-likeness (QED) is 0.767. The SMILES string of the molecule is O=C1COc2ccccc2OC1c1ccccn1. The number of Topliss-reactive ketones (excluding diaryl/α,β-unsaturated/α-hetero) is 1. The lowest BCUT2D eigenvalue weighted by Crippen LogP contribution is -2.22. The van der Waals surface area contributed by atoms with E-state index in [4.69, 9.17) is 9.47 Å². The number of ketones is 1. The highest BCUT2D eigenvalue weighted by Gasteiger charge is 2.28. The molecular formula is C14H11NO3. The summed E-state index contributed by atoms with van der Waals surface area (Å²) in [6.45, 7) is -0.00173. The van der Waals surface area contributed by atoms with Crippen molar-refractivity contribution in [2.45, 2.75) is 6.10 Å². The number of fused-ring (bicyclic) bond motifs is 1. The first-order valence-corrected chi connectivity index (χ1v) is 5.67. The summed E-state index contributed by atoms with van der Waals surface area (Å²) >= 11 is 0. The summed E-state index contributed by atoms with van der Waals surface area (Å²) in [6.07, 6.45) is 0.943. The molecule has 90 valence electrons. The topological polar surface area (TPSA) is 48.4 Å². The fraction of sp³-hybridized carbons (Fsp3) is 0.143. The van der Waals surface area contributed by atoms with Crippen molar-refractivity contribution < 1.29 is 14.3 Å². The van der Waals surface area contributed by atoms with E-state index in [0.717, 1.165) is 0 Å². The second-order valence-electron chi connectivity index (χ2n) is 3.95. The Kier molecular flexibility index (Phi) is 2.68. The third kappa shape index (κ3) is 1.93. The van der Waals surface area contributed by atoms with Gasteiger partial charge in [0.05, 0.1) is 5.69 Å². The molecule has 18 heavy (non-hydrogen) atoms. The molecule has 4 heteroatoms. The molecule has 0 amide bonds. The van der Waals surface area contributed by atoms with Gasteiger partial charge in [-0.1, -0.05) is 18.2 Å². The maximum atomic E-state index is 12.0. The summed E-state index contributed by atoms with van der Waals surface area (Å²) in [7, 11) is 0. The lowest BCUT2D eigenvalue weighted by molar-refractivity contribution is -0.127. The van der Waals surface area contributed by atoms with Crippen LogP contribution in [0.5, 0.6) is 11.5 Å². The molecular weight excluding hydrogens is 230 g/mol. The van der Waals surface area contributed by atoms with E-state index in [1.807, 2.05) is 18.2 Å². The number of hydrogen-bond acceptors (Lipinski definition) is 4. The fourth-order valence-corrected chi connectivity index (χ4v) is 1.84. The molecule has 2 heterocycles. The van der Waals surface area contributed by atoms with Gasteiger partial charge in [0.15, 0.2) is 18.1 Å². The Bertz CT molecular complexity index is 568. The van der Waals surface area contributed by atoms with Gasteiger partial charge in [0.1, 0.15) is 0 Å². The molecule has 0 aliphatic carbocycles. The molecule has 0 radical (unpaired) electrons. The average Bonchev–Trinajstić information content (AvgIpc) is 2.60. The lowest BCUT2D eigenvalue weighted by atomic mass is 10.1. The molecule has 1 aliphatic heterocycles. The fourth-order valence-electron chi connectivity index (χ4n) is 1.84. The standard InChI is InChI=1S/C14H11NO3/c16-11-9-17-12-6-1-2-7-13(12)18-14(11)10-5-3-4-8-15-10/h1-8,14H,9H2. The van der Waals surface area contributed by atoms with Crippen LogP contribution in [-0.2, 0) is 4.79 Å². The number of carbonyl (C=O) groups is 1. The van der Waals surface area contributed by atoms with Gasteiger partial charge in [0.25, 0.3) is 0 Å². The summed E-state index contributed by atoms with van der Waals surface area (Å²) in [5.41, 5.74) is 0.600. The lowest BCUT2D eigenvalue weighted by Gasteiger charge is -2.13. The summed E-state index contributed by atoms with van der Waals surface area (Å²) in [5, 5.41) is 0. The number of benzene rings is 1. The van der Waals surface area contributed by atoms with Gasteiger partial charge in [-0.2, -0.15) is 0 Å². The summed E-state index contributed by atoms with van der Waals surface area (Å²) in [5.74, 6) is 1.02. The predicted molar refractivity (Wildman–Crippen MR) is 64.6 cm³/mol. The smallest absolute Gasteiger partial charge is 0.216 e. The van der Waals surface area contributed by atoms with Gasteiger partial charge in [-0.25, -0.2) is 0 Å². The third-order valence-corrected chi connectivity index (χ3v) is 2.71. The van der Waals surface area contributed by atoms with Crippen molar-refractivity contribution >= 4 is 5.78 Å². The van der Waals surface area contributed by atoms with E-state index in [1.165, 1.54) is 0 Å². The second-order valence-corrected chi connectivity index (χ2v) is 3.95. The number of rotatable bonds is 1. The Morgan fingerprint density at radius 1 is 1.06 bits per heavy atom. The van der Waals surface area contributed by atoms with E-state index in [1.54, 1.807) is 30.5 Å². The number of pyridine rings is 1. The van der Waals surface area contributed by atoms with Crippen LogP contribution in [0, 0.1) is 0 Å². The minimum Gasteiger partial charge on any atom is -0.482 e. The Morgan fingerprint density at radius 2 is 1.83 bits per heavy atom. The van der Waals surface area contributed by atoms with E-state index >= 15 is 0 Å². The number of carbonyl (C=O) groups excluding carboxylic acids is 1. The van der Waals surface area contributed by atoms with E-state index in [0.29, 0.717) is 17.2 Å². The summed E-state index contributed by atoms with van der Waals surface area (Å²) in [4.78, 5) is 16.2. The maximum Gasteiger partial charge on any atom is 0.216 e. The van der Waals surface area contributed by atoms with Crippen LogP contribution >= 0.6 is 0 Å². The second kappa shape index (κ2) is 4.49. The highest BCUT2D eigenvalue weighted by Crippen LogP contribution is 2.33. The van der Waals surface area contributed by atoms with Crippen LogP contribution in [0.1, 0.15) is 11.8 Å². The molecule has 2 aromatic rings. The zero-order chi connectivity index (χ0) is 12.4. The number of nitrogens with zero attached hydrogens (tertiary/aromatic N) is 1. The van der Waals surface area contributed by atoms with Crippen molar-refractivity contribution in [3.63, 3.8) is 0 Å². The molecule has 1 aromatic heterocycles.